The van der Waals surface area contributed by atoms with E-state index in [9.17, 15) is 14.4 Å². The number of hydrogen-bond donors (Lipinski definition) is 1. The van der Waals surface area contributed by atoms with Crippen LogP contribution in [-0.4, -0.2) is 46.9 Å². The van der Waals surface area contributed by atoms with Crippen molar-refractivity contribution in [3.63, 3.8) is 0 Å². The van der Waals surface area contributed by atoms with Crippen LogP contribution in [0, 0.1) is 17.1 Å². The van der Waals surface area contributed by atoms with Gasteiger partial charge in [-0.05, 0) is 68.8 Å². The highest BCUT2D eigenvalue weighted by atomic mass is 35.5. The van der Waals surface area contributed by atoms with Crippen molar-refractivity contribution in [2.75, 3.05) is 25.5 Å². The van der Waals surface area contributed by atoms with E-state index in [0.29, 0.717) is 65.4 Å². The van der Waals surface area contributed by atoms with Crippen molar-refractivity contribution < 1.29 is 13.9 Å². The molecule has 5 rings (SSSR count). The van der Waals surface area contributed by atoms with Crippen LogP contribution in [0.5, 0.6) is 5.75 Å². The number of nitrogens with zero attached hydrogens (tertiary/aromatic N) is 4. The molecule has 1 N–H and O–H groups in total. The summed E-state index contributed by atoms with van der Waals surface area (Å²) >= 11 is 8.08. The van der Waals surface area contributed by atoms with Crippen LogP contribution in [0.15, 0.2) is 60.8 Å². The van der Waals surface area contributed by atoms with Crippen molar-refractivity contribution in [1.82, 2.24) is 14.8 Å². The van der Waals surface area contributed by atoms with Gasteiger partial charge in [0.1, 0.15) is 29.1 Å². The molecule has 0 saturated heterocycles. The molecule has 0 bridgehead atoms. The number of nitriles is 1. The molecule has 1 aliphatic rings. The first kappa shape index (κ1) is 29.5. The van der Waals surface area contributed by atoms with E-state index in [2.05, 4.69) is 35.1 Å². The molecule has 3 heterocycles. The fourth-order valence-electron chi connectivity index (χ4n) is 4.73. The Morgan fingerprint density at radius 1 is 1.33 bits per heavy atom. The number of thiophene rings is 1. The summed E-state index contributed by atoms with van der Waals surface area (Å²) in [5.74, 6) is 0.138. The number of aromatic nitrogens is 1. The molecule has 10 heteroatoms. The number of halogens is 2. The molecule has 0 aliphatic carbocycles. The van der Waals surface area contributed by atoms with Crippen LogP contribution in [0.25, 0.3) is 10.2 Å². The van der Waals surface area contributed by atoms with Gasteiger partial charge in [-0.3, -0.25) is 4.79 Å². The van der Waals surface area contributed by atoms with E-state index in [4.69, 9.17) is 16.3 Å². The van der Waals surface area contributed by atoms with E-state index in [0.717, 1.165) is 20.7 Å². The van der Waals surface area contributed by atoms with Gasteiger partial charge in [0.25, 0.3) is 0 Å². The minimum absolute atomic E-state index is 0.00590. The summed E-state index contributed by atoms with van der Waals surface area (Å²) < 4.78 is 19.3. The maximum atomic E-state index is 13.5. The van der Waals surface area contributed by atoms with Crippen molar-refractivity contribution in [3.05, 3.63) is 93.2 Å². The highest BCUT2D eigenvalue weighted by Gasteiger charge is 2.26. The summed E-state index contributed by atoms with van der Waals surface area (Å²) in [6.45, 7) is 6.22. The monoisotopic (exact) mass is 603 g/mol. The third kappa shape index (κ3) is 6.57. The second kappa shape index (κ2) is 12.9. The summed E-state index contributed by atoms with van der Waals surface area (Å²) in [5, 5.41) is 14.6. The molecule has 0 radical (unpaired) electrons. The molecule has 216 valence electrons. The molecule has 0 spiro atoms. The fraction of sp³-hybridized carbons (Fsp3) is 0.281. The third-order valence-electron chi connectivity index (χ3n) is 7.32. The molecule has 1 amide bonds. The molecular weight excluding hydrogens is 573 g/mol. The van der Waals surface area contributed by atoms with Crippen LogP contribution in [0.1, 0.15) is 35.4 Å². The minimum atomic E-state index is -0.324. The lowest BCUT2D eigenvalue weighted by molar-refractivity contribution is -0.126. The van der Waals surface area contributed by atoms with E-state index >= 15 is 0 Å². The van der Waals surface area contributed by atoms with E-state index in [1.807, 2.05) is 24.1 Å². The number of amides is 1. The number of carbonyl (C=O) groups excluding carboxylic acids is 1. The molecule has 4 aromatic rings. The molecule has 1 aliphatic heterocycles. The number of nitrogens with one attached hydrogen (secondary N) is 1. The Hall–Kier alpha value is -3.97. The zero-order chi connectivity index (χ0) is 29.8. The van der Waals surface area contributed by atoms with Gasteiger partial charge < -0.3 is 19.9 Å². The Morgan fingerprint density at radius 2 is 2.17 bits per heavy atom. The molecular formula is C32H31ClFN5O2S. The largest absolute Gasteiger partial charge is 0.487 e. The summed E-state index contributed by atoms with van der Waals surface area (Å²) in [6, 6.07) is 14.2. The van der Waals surface area contributed by atoms with Crippen LogP contribution in [0.2, 0.25) is 5.02 Å². The van der Waals surface area contributed by atoms with Crippen LogP contribution in [0.3, 0.4) is 0 Å². The van der Waals surface area contributed by atoms with E-state index < -0.39 is 0 Å². The number of pyridine rings is 1. The quantitative estimate of drug-likeness (QED) is 0.206. The Bertz CT molecular complexity index is 1700. The van der Waals surface area contributed by atoms with Gasteiger partial charge in [-0.1, -0.05) is 29.8 Å². The van der Waals surface area contributed by atoms with Gasteiger partial charge >= 0.3 is 0 Å². The van der Waals surface area contributed by atoms with Gasteiger partial charge in [0.05, 0.1) is 22.8 Å². The fourth-order valence-corrected chi connectivity index (χ4v) is 6.18. The van der Waals surface area contributed by atoms with Crippen LogP contribution >= 0.6 is 22.9 Å². The summed E-state index contributed by atoms with van der Waals surface area (Å²) in [5.41, 5.74) is 3.58. The Labute approximate surface area is 253 Å². The average molecular weight is 604 g/mol. The van der Waals surface area contributed by atoms with Crippen LogP contribution in [0.4, 0.5) is 15.8 Å². The SMILES string of the molecule is CC(C)N(C)C/C=C/C(=O)N1CCc2c(sc3ncc(C#N)c(Nc4ccc(OCc5cccc(F)c5)c(Cl)c4)c23)C1. The van der Waals surface area contributed by atoms with Crippen molar-refractivity contribution >= 4 is 50.4 Å². The first-order valence-corrected chi connectivity index (χ1v) is 14.9. The predicted octanol–water partition coefficient (Wildman–Crippen LogP) is 7.06. The zero-order valence-corrected chi connectivity index (χ0v) is 25.2. The van der Waals surface area contributed by atoms with Gasteiger partial charge in [0.2, 0.25) is 5.91 Å². The molecule has 2 aromatic carbocycles. The number of carbonyl (C=O) groups is 1. The normalized spacial score (nSPS) is 13.1. The minimum Gasteiger partial charge on any atom is -0.487 e. The highest BCUT2D eigenvalue weighted by molar-refractivity contribution is 7.19. The maximum absolute atomic E-state index is 13.5. The van der Waals surface area contributed by atoms with Gasteiger partial charge in [-0.2, -0.15) is 5.26 Å². The molecule has 2 aromatic heterocycles. The Morgan fingerprint density at radius 3 is 2.90 bits per heavy atom. The molecule has 7 nitrogen and oxygen atoms in total. The van der Waals surface area contributed by atoms with Crippen molar-refractivity contribution in [1.29, 1.82) is 5.26 Å². The van der Waals surface area contributed by atoms with Crippen LogP contribution in [-0.2, 0) is 24.4 Å². The van der Waals surface area contributed by atoms with Gasteiger partial charge in [-0.15, -0.1) is 11.3 Å². The molecule has 0 fully saturated rings. The first-order valence-electron chi connectivity index (χ1n) is 13.7. The molecule has 42 heavy (non-hydrogen) atoms. The van der Waals surface area contributed by atoms with E-state index in [1.54, 1.807) is 47.9 Å². The Balaban J connectivity index is 1.35. The summed E-state index contributed by atoms with van der Waals surface area (Å²) in [4.78, 5) is 23.4. The predicted molar refractivity (Wildman–Crippen MR) is 166 cm³/mol. The molecule has 0 saturated carbocycles. The highest BCUT2D eigenvalue weighted by Crippen LogP contribution is 2.41. The average Bonchev–Trinajstić information content (AvgIpc) is 3.35. The lowest BCUT2D eigenvalue weighted by atomic mass is 10.0. The number of benzene rings is 2. The topological polar surface area (TPSA) is 81.5 Å². The lowest BCUT2D eigenvalue weighted by Crippen LogP contribution is -2.34. The van der Waals surface area contributed by atoms with Crippen molar-refractivity contribution in [2.45, 2.75) is 39.5 Å². The number of likely N-dealkylation sites (N-methyl/N-ethyl adjacent to an activating group) is 1. The molecule has 0 unspecified atom stereocenters. The zero-order valence-electron chi connectivity index (χ0n) is 23.7. The Kier molecular flexibility index (Phi) is 9.07. The van der Waals surface area contributed by atoms with Crippen molar-refractivity contribution in [3.8, 4) is 11.8 Å². The molecule has 0 atom stereocenters. The lowest BCUT2D eigenvalue weighted by Gasteiger charge is -2.26. The van der Waals surface area contributed by atoms with Gasteiger partial charge in [0.15, 0.2) is 0 Å². The smallest absolute Gasteiger partial charge is 0.246 e. The first-order chi connectivity index (χ1) is 20.2. The summed E-state index contributed by atoms with van der Waals surface area (Å²) in [7, 11) is 2.03. The second-order valence-corrected chi connectivity index (χ2v) is 12.0. The number of fused-ring (bicyclic) bond motifs is 3. The van der Waals surface area contributed by atoms with Gasteiger partial charge in [0, 0.05) is 47.4 Å². The number of ether oxygens (including phenoxy) is 1. The number of hydrogen-bond acceptors (Lipinski definition) is 7. The third-order valence-corrected chi connectivity index (χ3v) is 8.74. The van der Waals surface area contributed by atoms with Crippen molar-refractivity contribution in [2.24, 2.45) is 0 Å². The number of rotatable bonds is 9. The van der Waals surface area contributed by atoms with Crippen LogP contribution < -0.4 is 10.1 Å². The summed E-state index contributed by atoms with van der Waals surface area (Å²) in [6.07, 6.45) is 5.81. The second-order valence-electron chi connectivity index (χ2n) is 10.5. The van der Waals surface area contributed by atoms with E-state index in [-0.39, 0.29) is 18.3 Å². The van der Waals surface area contributed by atoms with Gasteiger partial charge in [-0.25, -0.2) is 9.37 Å². The van der Waals surface area contributed by atoms with E-state index in [1.165, 1.54) is 12.1 Å². The maximum Gasteiger partial charge on any atom is 0.246 e. The standard InChI is InChI=1S/C32H31ClFN5O2S/c1-20(2)38(3)12-5-8-29(40)39-13-11-25-28(18-39)42-32-30(25)31(22(16-35)17-36-32)37-24-9-10-27(26(33)15-24)41-19-21-6-4-7-23(34)14-21/h4-10,14-15,17,20H,11-13,18-19H2,1-3H3,(H,36,37)/b8-5+. The number of anilines is 2.